The van der Waals surface area contributed by atoms with E-state index in [1.807, 2.05) is 0 Å². The topological polar surface area (TPSA) is 105 Å². The molecule has 0 atom stereocenters. The van der Waals surface area contributed by atoms with Crippen molar-refractivity contribution in [3.05, 3.63) is 29.8 Å². The van der Waals surface area contributed by atoms with E-state index in [4.69, 9.17) is 5.11 Å². The van der Waals surface area contributed by atoms with E-state index in [0.29, 0.717) is 0 Å². The summed E-state index contributed by atoms with van der Waals surface area (Å²) in [6.07, 6.45) is 1.00. The van der Waals surface area contributed by atoms with Gasteiger partial charge in [0.05, 0.1) is 6.26 Å². The third-order valence-electron chi connectivity index (χ3n) is 1.82. The van der Waals surface area contributed by atoms with Gasteiger partial charge in [0.15, 0.2) is 5.71 Å². The van der Waals surface area contributed by atoms with E-state index in [-0.39, 0.29) is 17.0 Å². The molecule has 1 rings (SSSR count). The molecule has 0 unspecified atom stereocenters. The number of carbonyl (C=O) groups is 1. The van der Waals surface area contributed by atoms with Gasteiger partial charge in [-0.1, -0.05) is 17.3 Å². The Morgan fingerprint density at radius 3 is 2.61 bits per heavy atom. The molecule has 0 aromatic heterocycles. The maximum atomic E-state index is 11.1. The number of nitrogens with zero attached hydrogens (tertiary/aromatic N) is 1. The van der Waals surface area contributed by atoms with Crippen molar-refractivity contribution in [2.24, 2.45) is 5.16 Å². The average molecular weight is 272 g/mol. The van der Waals surface area contributed by atoms with Crippen molar-refractivity contribution in [2.75, 3.05) is 18.1 Å². The summed E-state index contributed by atoms with van der Waals surface area (Å²) in [5.41, 5.74) is 0.174. The number of rotatable bonds is 5. The van der Waals surface area contributed by atoms with Crippen LogP contribution in [0.15, 0.2) is 29.4 Å². The number of oxime groups is 1. The lowest BCUT2D eigenvalue weighted by Gasteiger charge is -2.06. The molecule has 1 aromatic rings. The fourth-order valence-corrected chi connectivity index (χ4v) is 1.81. The number of nitrogens with one attached hydrogen (secondary N) is 1. The molecule has 0 bridgehead atoms. The molecule has 0 saturated carbocycles. The van der Waals surface area contributed by atoms with E-state index in [2.05, 4.69) is 14.7 Å². The van der Waals surface area contributed by atoms with Crippen LogP contribution < -0.4 is 4.72 Å². The Bertz CT molecular complexity index is 580. The van der Waals surface area contributed by atoms with Crippen molar-refractivity contribution >= 4 is 27.4 Å². The van der Waals surface area contributed by atoms with Crippen molar-refractivity contribution in [3.8, 4) is 0 Å². The number of carboxylic acids is 1. The molecule has 2 N–H and O–H groups in total. The third-order valence-corrected chi connectivity index (χ3v) is 2.43. The molecule has 7 nitrogen and oxygen atoms in total. The largest absolute Gasteiger partial charge is 0.476 e. The summed E-state index contributed by atoms with van der Waals surface area (Å²) < 4.78 is 24.4. The van der Waals surface area contributed by atoms with Gasteiger partial charge in [-0.3, -0.25) is 4.72 Å². The lowest BCUT2D eigenvalue weighted by atomic mass is 10.1. The number of hydrogen-bond acceptors (Lipinski definition) is 5. The molecule has 0 aliphatic rings. The molecule has 98 valence electrons. The summed E-state index contributed by atoms with van der Waals surface area (Å²) in [6, 6.07) is 5.85. The molecule has 0 radical (unpaired) electrons. The van der Waals surface area contributed by atoms with Gasteiger partial charge in [-0.25, -0.2) is 13.2 Å². The Balaban J connectivity index is 3.15. The number of sulfonamides is 1. The van der Waals surface area contributed by atoms with E-state index >= 15 is 0 Å². The summed E-state index contributed by atoms with van der Waals surface area (Å²) in [4.78, 5) is 15.4. The average Bonchev–Trinajstić information content (AvgIpc) is 2.23. The second kappa shape index (κ2) is 5.50. The van der Waals surface area contributed by atoms with Crippen molar-refractivity contribution in [3.63, 3.8) is 0 Å². The van der Waals surface area contributed by atoms with Crippen LogP contribution in [0.4, 0.5) is 5.69 Å². The molecule has 18 heavy (non-hydrogen) atoms. The van der Waals surface area contributed by atoms with Gasteiger partial charge in [-0.2, -0.15) is 0 Å². The SMILES string of the molecule is CO/N=C(/C(=O)O)c1cccc(NS(C)(=O)=O)c1. The van der Waals surface area contributed by atoms with Gasteiger partial charge in [-0.05, 0) is 12.1 Å². The Kier molecular flexibility index (Phi) is 4.27. The highest BCUT2D eigenvalue weighted by atomic mass is 32.2. The highest BCUT2D eigenvalue weighted by molar-refractivity contribution is 7.92. The molecular formula is C10H12N2O5S. The van der Waals surface area contributed by atoms with E-state index in [1.165, 1.54) is 31.4 Å². The fraction of sp³-hybridized carbons (Fsp3) is 0.200. The molecule has 0 fully saturated rings. The van der Waals surface area contributed by atoms with Crippen LogP contribution in [0, 0.1) is 0 Å². The highest BCUT2D eigenvalue weighted by Crippen LogP contribution is 2.13. The predicted octanol–water partition coefficient (Wildman–Crippen LogP) is 0.493. The van der Waals surface area contributed by atoms with Crippen LogP contribution in [0.3, 0.4) is 0 Å². The highest BCUT2D eigenvalue weighted by Gasteiger charge is 2.14. The first-order valence-electron chi connectivity index (χ1n) is 4.76. The van der Waals surface area contributed by atoms with Gasteiger partial charge in [0.1, 0.15) is 7.11 Å². The Labute approximate surface area is 104 Å². The predicted molar refractivity (Wildman–Crippen MR) is 66.1 cm³/mol. The van der Waals surface area contributed by atoms with E-state index in [0.717, 1.165) is 6.26 Å². The number of carboxylic acid groups (broad SMARTS) is 1. The first-order valence-corrected chi connectivity index (χ1v) is 6.65. The van der Waals surface area contributed by atoms with Crippen molar-refractivity contribution < 1.29 is 23.2 Å². The normalized spacial score (nSPS) is 12.0. The standard InChI is InChI=1S/C10H12N2O5S/c1-17-11-9(10(13)14)7-4-3-5-8(6-7)12-18(2,15)16/h3-6,12H,1-2H3,(H,13,14)/b11-9+. The van der Waals surface area contributed by atoms with Crippen LogP contribution >= 0.6 is 0 Å². The van der Waals surface area contributed by atoms with Crippen LogP contribution in [0.1, 0.15) is 5.56 Å². The van der Waals surface area contributed by atoms with Gasteiger partial charge in [0, 0.05) is 11.3 Å². The zero-order valence-corrected chi connectivity index (χ0v) is 10.6. The van der Waals surface area contributed by atoms with Gasteiger partial charge >= 0.3 is 5.97 Å². The van der Waals surface area contributed by atoms with Gasteiger partial charge in [0.25, 0.3) is 0 Å². The van der Waals surface area contributed by atoms with Crippen molar-refractivity contribution in [2.45, 2.75) is 0 Å². The van der Waals surface area contributed by atoms with Gasteiger partial charge < -0.3 is 9.94 Å². The zero-order chi connectivity index (χ0) is 13.8. The third kappa shape index (κ3) is 4.06. The van der Waals surface area contributed by atoms with Crippen molar-refractivity contribution in [1.29, 1.82) is 0 Å². The lowest BCUT2D eigenvalue weighted by molar-refractivity contribution is -0.129. The van der Waals surface area contributed by atoms with Crippen LogP contribution in [0.25, 0.3) is 0 Å². The van der Waals surface area contributed by atoms with E-state index in [9.17, 15) is 13.2 Å². The molecule has 0 aliphatic heterocycles. The van der Waals surface area contributed by atoms with Crippen LogP contribution in [0.5, 0.6) is 0 Å². The number of benzene rings is 1. The van der Waals surface area contributed by atoms with Crippen molar-refractivity contribution in [1.82, 2.24) is 0 Å². The molecule has 0 amide bonds. The van der Waals surface area contributed by atoms with E-state index in [1.54, 1.807) is 0 Å². The Hall–Kier alpha value is -2.09. The Morgan fingerprint density at radius 2 is 2.11 bits per heavy atom. The summed E-state index contributed by atoms with van der Waals surface area (Å²) >= 11 is 0. The van der Waals surface area contributed by atoms with Crippen LogP contribution in [0.2, 0.25) is 0 Å². The van der Waals surface area contributed by atoms with Crippen LogP contribution in [-0.2, 0) is 19.7 Å². The molecule has 0 aliphatic carbocycles. The number of anilines is 1. The summed E-state index contributed by atoms with van der Waals surface area (Å²) in [6.45, 7) is 0. The van der Waals surface area contributed by atoms with Gasteiger partial charge in [-0.15, -0.1) is 0 Å². The smallest absolute Gasteiger partial charge is 0.358 e. The Morgan fingerprint density at radius 1 is 1.44 bits per heavy atom. The first kappa shape index (κ1) is 14.0. The maximum absolute atomic E-state index is 11.1. The minimum absolute atomic E-state index is 0.234. The zero-order valence-electron chi connectivity index (χ0n) is 9.75. The molecule has 0 saturated heterocycles. The molecule has 0 heterocycles. The number of hydrogen-bond donors (Lipinski definition) is 2. The second-order valence-corrected chi connectivity index (χ2v) is 5.13. The number of aliphatic carboxylic acids is 1. The summed E-state index contributed by atoms with van der Waals surface area (Å²) in [5, 5.41) is 12.3. The lowest BCUT2D eigenvalue weighted by Crippen LogP contribution is -2.16. The minimum atomic E-state index is -3.42. The van der Waals surface area contributed by atoms with Gasteiger partial charge in [0.2, 0.25) is 10.0 Å². The first-order chi connectivity index (χ1) is 8.33. The summed E-state index contributed by atoms with van der Waals surface area (Å²) in [5.74, 6) is -1.27. The fourth-order valence-electron chi connectivity index (χ4n) is 1.25. The van der Waals surface area contributed by atoms with Crippen LogP contribution in [-0.4, -0.2) is 38.6 Å². The molecule has 8 heteroatoms. The second-order valence-electron chi connectivity index (χ2n) is 3.38. The monoisotopic (exact) mass is 272 g/mol. The molecule has 0 spiro atoms. The molecule has 1 aromatic carbocycles. The summed E-state index contributed by atoms with van der Waals surface area (Å²) in [7, 11) is -2.20. The quantitative estimate of drug-likeness (QED) is 0.599. The molecular weight excluding hydrogens is 260 g/mol. The maximum Gasteiger partial charge on any atom is 0.358 e. The van der Waals surface area contributed by atoms with E-state index < -0.39 is 16.0 Å². The minimum Gasteiger partial charge on any atom is -0.476 e.